The van der Waals surface area contributed by atoms with Gasteiger partial charge in [0.15, 0.2) is 6.29 Å². The van der Waals surface area contributed by atoms with Crippen molar-refractivity contribution in [1.29, 1.82) is 0 Å². The number of pyridine rings is 1. The number of aldehydes is 1. The van der Waals surface area contributed by atoms with Gasteiger partial charge in [-0.05, 0) is 5.39 Å². The third kappa shape index (κ3) is 0.975. The molecule has 0 fully saturated rings. The maximum atomic E-state index is 10.6. The summed E-state index contributed by atoms with van der Waals surface area (Å²) in [6.07, 6.45) is 4.16. The first kappa shape index (κ1) is 6.98. The maximum Gasteiger partial charge on any atom is 1.00 e. The average molecular weight is 158 g/mol. The van der Waals surface area contributed by atoms with Gasteiger partial charge in [0, 0.05) is 23.3 Å². The van der Waals surface area contributed by atoms with Crippen molar-refractivity contribution in [2.45, 2.75) is 0 Å². The van der Waals surface area contributed by atoms with Crippen LogP contribution in [0.3, 0.4) is 0 Å². The van der Waals surface area contributed by atoms with E-state index in [1.165, 1.54) is 0 Å². The van der Waals surface area contributed by atoms with Gasteiger partial charge < -0.3 is 0 Å². The Balaban J connectivity index is 0.000000845. The average Bonchev–Trinajstić information content (AvgIpc) is 2.17. The van der Waals surface area contributed by atoms with Gasteiger partial charge in [0.1, 0.15) is 0 Å². The summed E-state index contributed by atoms with van der Waals surface area (Å²) < 4.78 is 0. The van der Waals surface area contributed by atoms with Crippen LogP contribution < -0.4 is 0 Å². The minimum Gasteiger partial charge on any atom is -0.298 e. The van der Waals surface area contributed by atoms with Gasteiger partial charge in [-0.2, -0.15) is 0 Å². The van der Waals surface area contributed by atoms with E-state index in [1.54, 1.807) is 12.4 Å². The topological polar surface area (TPSA) is 30.0 Å². The Labute approximate surface area is 71.3 Å². The summed E-state index contributed by atoms with van der Waals surface area (Å²) in [6.45, 7) is 0. The highest BCUT2D eigenvalue weighted by Crippen LogP contribution is 2.14. The largest absolute Gasteiger partial charge is 1.00 e. The number of benzene rings is 1. The molecule has 0 amide bonds. The van der Waals surface area contributed by atoms with E-state index in [2.05, 4.69) is 4.98 Å². The predicted octanol–water partition coefficient (Wildman–Crippen LogP) is 2.16. The predicted molar refractivity (Wildman–Crippen MR) is 48.2 cm³/mol. The van der Waals surface area contributed by atoms with Crippen molar-refractivity contribution in [1.82, 2.24) is 4.98 Å². The van der Waals surface area contributed by atoms with Crippen LogP contribution in [0.5, 0.6) is 0 Å². The third-order valence-corrected chi connectivity index (χ3v) is 1.83. The molecule has 2 rings (SSSR count). The summed E-state index contributed by atoms with van der Waals surface area (Å²) in [5, 5.41) is 1.96. The number of nitrogens with zero attached hydrogens (tertiary/aromatic N) is 1. The van der Waals surface area contributed by atoms with E-state index in [1.807, 2.05) is 24.3 Å². The normalized spacial score (nSPS) is 10.0. The van der Waals surface area contributed by atoms with Crippen molar-refractivity contribution >= 4 is 17.1 Å². The molecule has 58 valence electrons. The lowest BCUT2D eigenvalue weighted by atomic mass is 10.1. The summed E-state index contributed by atoms with van der Waals surface area (Å²) in [5.41, 5.74) is 0.646. The van der Waals surface area contributed by atoms with Crippen molar-refractivity contribution in [2.75, 3.05) is 0 Å². The number of rotatable bonds is 1. The second-order valence-electron chi connectivity index (χ2n) is 2.57. The highest BCUT2D eigenvalue weighted by Gasteiger charge is 1.97. The van der Waals surface area contributed by atoms with Crippen LogP contribution in [0.4, 0.5) is 0 Å². The van der Waals surface area contributed by atoms with Crippen molar-refractivity contribution in [3.63, 3.8) is 0 Å². The smallest absolute Gasteiger partial charge is 0.298 e. The monoisotopic (exact) mass is 158 g/mol. The van der Waals surface area contributed by atoms with Gasteiger partial charge in [0.2, 0.25) is 0 Å². The van der Waals surface area contributed by atoms with Crippen molar-refractivity contribution < 1.29 is 6.22 Å². The number of hydrogen-bond acceptors (Lipinski definition) is 2. The summed E-state index contributed by atoms with van der Waals surface area (Å²) in [5.74, 6) is 0. The Hall–Kier alpha value is -1.70. The zero-order chi connectivity index (χ0) is 8.39. The Morgan fingerprint density at radius 1 is 1.25 bits per heavy atom. The van der Waals surface area contributed by atoms with Gasteiger partial charge in [0.05, 0.1) is 0 Å². The highest BCUT2D eigenvalue weighted by atomic mass is 16.1. The molecule has 0 spiro atoms. The van der Waals surface area contributed by atoms with Crippen LogP contribution in [0.1, 0.15) is 11.8 Å². The lowest BCUT2D eigenvalue weighted by molar-refractivity contribution is 0.112. The molecule has 0 unspecified atom stereocenters. The van der Waals surface area contributed by atoms with Crippen LogP contribution in [0, 0.1) is 0 Å². The molecule has 1 aromatic heterocycles. The van der Waals surface area contributed by atoms with E-state index in [0.29, 0.717) is 5.56 Å². The van der Waals surface area contributed by atoms with Crippen molar-refractivity contribution in [2.24, 2.45) is 0 Å². The van der Waals surface area contributed by atoms with Gasteiger partial charge in [-0.3, -0.25) is 9.78 Å². The highest BCUT2D eigenvalue weighted by molar-refractivity contribution is 5.97. The van der Waals surface area contributed by atoms with E-state index in [-0.39, 0.29) is 1.43 Å². The van der Waals surface area contributed by atoms with Crippen molar-refractivity contribution in [3.05, 3.63) is 42.2 Å². The Kier molecular flexibility index (Phi) is 1.59. The number of hydrogen-bond donors (Lipinski definition) is 0. The van der Waals surface area contributed by atoms with Gasteiger partial charge >= 0.3 is 1.43 Å². The third-order valence-electron chi connectivity index (χ3n) is 1.83. The first-order valence-electron chi connectivity index (χ1n) is 3.70. The van der Waals surface area contributed by atoms with Crippen LogP contribution in [0.15, 0.2) is 36.7 Å². The second kappa shape index (κ2) is 2.74. The SMILES string of the molecule is O=Cc1cncc2ccccc12.[H+]. The molecule has 0 saturated heterocycles. The molecule has 2 heteroatoms. The van der Waals surface area contributed by atoms with E-state index < -0.39 is 0 Å². The maximum absolute atomic E-state index is 10.6. The molecule has 2 nitrogen and oxygen atoms in total. The standard InChI is InChI=1S/C10H7NO/c12-7-9-6-11-5-8-3-1-2-4-10(8)9/h1-7H/p+1. The number of fused-ring (bicyclic) bond motifs is 1. The molecule has 2 aromatic rings. The molecule has 0 atom stereocenters. The first-order valence-corrected chi connectivity index (χ1v) is 3.70. The summed E-state index contributed by atoms with van der Waals surface area (Å²) >= 11 is 0. The summed E-state index contributed by atoms with van der Waals surface area (Å²) in [7, 11) is 0. The minimum atomic E-state index is 0. The molecule has 1 heterocycles. The van der Waals surface area contributed by atoms with Crippen LogP contribution in [-0.2, 0) is 0 Å². The van der Waals surface area contributed by atoms with E-state index in [4.69, 9.17) is 0 Å². The zero-order valence-corrected chi connectivity index (χ0v) is 6.40. The van der Waals surface area contributed by atoms with Crippen LogP contribution in [-0.4, -0.2) is 11.3 Å². The molecule has 0 radical (unpaired) electrons. The molecular weight excluding hydrogens is 150 g/mol. The van der Waals surface area contributed by atoms with Gasteiger partial charge in [-0.1, -0.05) is 24.3 Å². The molecule has 0 aliphatic rings. The molecule has 0 N–H and O–H groups in total. The Bertz CT molecular complexity index is 423. The quantitative estimate of drug-likeness (QED) is 0.595. The second-order valence-corrected chi connectivity index (χ2v) is 2.57. The minimum absolute atomic E-state index is 0. The van der Waals surface area contributed by atoms with E-state index in [0.717, 1.165) is 17.1 Å². The summed E-state index contributed by atoms with van der Waals surface area (Å²) in [4.78, 5) is 14.5. The number of carbonyl (C=O) groups is 1. The van der Waals surface area contributed by atoms with Gasteiger partial charge in [0.25, 0.3) is 0 Å². The van der Waals surface area contributed by atoms with E-state index in [9.17, 15) is 4.79 Å². The fraction of sp³-hybridized carbons (Fsp3) is 0. The molecule has 0 saturated carbocycles. The molecule has 0 aliphatic heterocycles. The first-order chi connectivity index (χ1) is 5.92. The number of aromatic nitrogens is 1. The molecular formula is C10H8NO+. The lowest BCUT2D eigenvalue weighted by Gasteiger charge is -1.97. The lowest BCUT2D eigenvalue weighted by Crippen LogP contribution is -1.84. The van der Waals surface area contributed by atoms with Crippen LogP contribution >= 0.6 is 0 Å². The van der Waals surface area contributed by atoms with Gasteiger partial charge in [-0.25, -0.2) is 0 Å². The van der Waals surface area contributed by atoms with E-state index >= 15 is 0 Å². The number of carbonyl (C=O) groups excluding carboxylic acids is 1. The fourth-order valence-corrected chi connectivity index (χ4v) is 1.23. The fourth-order valence-electron chi connectivity index (χ4n) is 1.23. The van der Waals surface area contributed by atoms with Crippen LogP contribution in [0.2, 0.25) is 0 Å². The summed E-state index contributed by atoms with van der Waals surface area (Å²) in [6, 6.07) is 7.70. The van der Waals surface area contributed by atoms with Crippen molar-refractivity contribution in [3.8, 4) is 0 Å². The van der Waals surface area contributed by atoms with Gasteiger partial charge in [-0.15, -0.1) is 0 Å². The Morgan fingerprint density at radius 2 is 2.08 bits per heavy atom. The molecule has 12 heavy (non-hydrogen) atoms. The van der Waals surface area contributed by atoms with Crippen LogP contribution in [0.25, 0.3) is 10.8 Å². The molecule has 0 bridgehead atoms. The molecule has 1 aromatic carbocycles. The Morgan fingerprint density at radius 3 is 2.92 bits per heavy atom. The molecule has 0 aliphatic carbocycles. The zero-order valence-electron chi connectivity index (χ0n) is 7.40.